The Hall–Kier alpha value is -7.62. The van der Waals surface area contributed by atoms with Gasteiger partial charge in [-0.2, -0.15) is 0 Å². The molecular weight excluding hydrogens is 691 g/mol. The van der Waals surface area contributed by atoms with Gasteiger partial charge in [0.25, 0.3) is 0 Å². The molecule has 12 aromatic rings. The molecule has 0 saturated heterocycles. The van der Waals surface area contributed by atoms with Crippen molar-refractivity contribution in [2.45, 2.75) is 0 Å². The Morgan fingerprint density at radius 2 is 0.807 bits per heavy atom. The van der Waals surface area contributed by atoms with Gasteiger partial charge in [-0.05, 0) is 88.8 Å². The van der Waals surface area contributed by atoms with Crippen LogP contribution >= 0.6 is 0 Å². The van der Waals surface area contributed by atoms with Crippen LogP contribution in [0.2, 0.25) is 0 Å². The Bertz CT molecular complexity index is 4730. The van der Waals surface area contributed by atoms with Crippen LogP contribution in [0.4, 0.5) is 0 Å². The SMILES string of the molecule is [2H]c1c([2H])c([2H])c2c(c1[2H])c1c(-n3c4c([2H])c([2H])c([2H])c([2H])c4c4c([2H])c([2H])c(-n5c6c([2H])c([2H])c([2H])c([2H])c6c6c([2H])c([2H])c([2H])c([2H])c65)c([2H])c43)c([2H])c([2H])c([2H])c1n2-c1cccc(-c2cccc(-c3ccccc3)c2)c1. The number of hydrogen-bond acceptors (Lipinski definition) is 0. The minimum atomic E-state index is -0.901. The Morgan fingerprint density at radius 3 is 1.49 bits per heavy atom. The van der Waals surface area contributed by atoms with Gasteiger partial charge in [0.1, 0.15) is 0 Å². The van der Waals surface area contributed by atoms with E-state index in [-0.39, 0.29) is 27.5 Å². The highest BCUT2D eigenvalue weighted by Crippen LogP contribution is 2.42. The summed E-state index contributed by atoms with van der Waals surface area (Å²) in [4.78, 5) is 0. The number of hydrogen-bond donors (Lipinski definition) is 0. The number of rotatable bonds is 5. The Morgan fingerprint density at radius 1 is 0.316 bits per heavy atom. The molecule has 0 fully saturated rings. The van der Waals surface area contributed by atoms with E-state index in [0.29, 0.717) is 5.56 Å². The molecule has 3 heteroatoms. The Balaban J connectivity index is 1.31. The molecule has 0 saturated carbocycles. The molecule has 0 atom stereocenters. The lowest BCUT2D eigenvalue weighted by Crippen LogP contribution is -1.98. The van der Waals surface area contributed by atoms with Crippen LogP contribution in [0.3, 0.4) is 0 Å². The van der Waals surface area contributed by atoms with Crippen LogP contribution in [0.25, 0.3) is 105 Å². The summed E-state index contributed by atoms with van der Waals surface area (Å²) < 4.78 is 206. The first-order chi connectivity index (χ1) is 37.5. The molecule has 0 spiro atoms. The molecule has 266 valence electrons. The zero-order chi connectivity index (χ0) is 56.6. The van der Waals surface area contributed by atoms with E-state index >= 15 is 0 Å². The molecule has 3 aromatic heterocycles. The second-order valence-electron chi connectivity index (χ2n) is 13.3. The molecular formula is C54H35N3. The molecule has 12 rings (SSSR count). The van der Waals surface area contributed by atoms with E-state index in [1.54, 1.807) is 18.2 Å². The Labute approximate surface area is 360 Å². The number of benzene rings is 9. The first-order valence-corrected chi connectivity index (χ1v) is 17.8. The van der Waals surface area contributed by atoms with Crippen molar-refractivity contribution in [3.63, 3.8) is 0 Å². The Kier molecular flexibility index (Phi) is 3.72. The van der Waals surface area contributed by atoms with Crippen molar-refractivity contribution < 1.29 is 30.2 Å². The number of para-hydroxylation sites is 4. The monoisotopic (exact) mass is 747 g/mol. The van der Waals surface area contributed by atoms with Crippen LogP contribution in [-0.2, 0) is 0 Å². The van der Waals surface area contributed by atoms with Crippen molar-refractivity contribution >= 4 is 65.4 Å². The van der Waals surface area contributed by atoms with Crippen LogP contribution in [-0.4, -0.2) is 13.7 Å². The highest BCUT2D eigenvalue weighted by atomic mass is 15.0. The molecule has 0 amide bonds. The van der Waals surface area contributed by atoms with Crippen molar-refractivity contribution in [2.24, 2.45) is 0 Å². The van der Waals surface area contributed by atoms with E-state index in [1.165, 1.54) is 4.57 Å². The van der Waals surface area contributed by atoms with Gasteiger partial charge < -0.3 is 13.7 Å². The van der Waals surface area contributed by atoms with Gasteiger partial charge in [0.2, 0.25) is 0 Å². The summed E-state index contributed by atoms with van der Waals surface area (Å²) in [7, 11) is 0. The smallest absolute Gasteiger partial charge is 0.0667 e. The van der Waals surface area contributed by atoms with Gasteiger partial charge in [-0.3, -0.25) is 0 Å². The van der Waals surface area contributed by atoms with Crippen LogP contribution in [0, 0.1) is 0 Å². The molecule has 57 heavy (non-hydrogen) atoms. The van der Waals surface area contributed by atoms with Gasteiger partial charge in [-0.15, -0.1) is 0 Å². The van der Waals surface area contributed by atoms with E-state index in [1.807, 2.05) is 60.7 Å². The lowest BCUT2D eigenvalue weighted by atomic mass is 9.99. The van der Waals surface area contributed by atoms with Crippen molar-refractivity contribution in [3.8, 4) is 39.3 Å². The van der Waals surface area contributed by atoms with Crippen molar-refractivity contribution in [3.05, 3.63) is 212 Å². The highest BCUT2D eigenvalue weighted by Gasteiger charge is 2.21. The van der Waals surface area contributed by atoms with E-state index < -0.39 is 188 Å². The molecule has 3 heterocycles. The maximum atomic E-state index is 10.3. The summed E-state index contributed by atoms with van der Waals surface area (Å²) in [6.45, 7) is 0. The molecule has 0 N–H and O–H groups in total. The van der Waals surface area contributed by atoms with Crippen molar-refractivity contribution in [1.82, 2.24) is 13.7 Å². The van der Waals surface area contributed by atoms with E-state index in [2.05, 4.69) is 0 Å². The minimum absolute atomic E-state index is 0.226. The molecule has 0 radical (unpaired) electrons. The molecule has 0 aliphatic heterocycles. The van der Waals surface area contributed by atoms with Gasteiger partial charge in [0, 0.05) is 43.7 Å². The van der Waals surface area contributed by atoms with Gasteiger partial charge in [0.15, 0.2) is 0 Å². The van der Waals surface area contributed by atoms with Crippen LogP contribution in [0.5, 0.6) is 0 Å². The van der Waals surface area contributed by atoms with Gasteiger partial charge in [-0.25, -0.2) is 0 Å². The van der Waals surface area contributed by atoms with E-state index in [9.17, 15) is 16.4 Å². The van der Waals surface area contributed by atoms with Gasteiger partial charge in [-0.1, -0.05) is 145 Å². The second-order valence-corrected chi connectivity index (χ2v) is 13.3. The minimum Gasteiger partial charge on any atom is -0.309 e. The fourth-order valence-electron chi connectivity index (χ4n) is 7.80. The molecule has 0 aliphatic rings. The predicted molar refractivity (Wildman–Crippen MR) is 240 cm³/mol. The molecule has 0 unspecified atom stereocenters. The maximum absolute atomic E-state index is 10.3. The third-order valence-electron chi connectivity index (χ3n) is 10.2. The molecule has 0 aliphatic carbocycles. The topological polar surface area (TPSA) is 14.8 Å². The summed E-state index contributed by atoms with van der Waals surface area (Å²) >= 11 is 0. The van der Waals surface area contributed by atoms with Crippen molar-refractivity contribution in [1.29, 1.82) is 0 Å². The summed E-state index contributed by atoms with van der Waals surface area (Å²) in [5.74, 6) is 0. The summed E-state index contributed by atoms with van der Waals surface area (Å²) in [5.41, 5.74) is -0.525. The molecule has 9 aromatic carbocycles. The maximum Gasteiger partial charge on any atom is 0.0667 e. The average molecular weight is 748 g/mol. The summed E-state index contributed by atoms with van der Waals surface area (Å²) in [6.07, 6.45) is 0. The fourth-order valence-corrected chi connectivity index (χ4v) is 7.80. The lowest BCUT2D eigenvalue weighted by Gasteiger charge is -2.13. The molecule has 3 nitrogen and oxygen atoms in total. The summed E-state index contributed by atoms with van der Waals surface area (Å²) in [6, 6.07) is 6.89. The number of aromatic nitrogens is 3. The molecule has 0 bridgehead atoms. The van der Waals surface area contributed by atoms with Crippen LogP contribution in [0.1, 0.15) is 30.2 Å². The third-order valence-corrected chi connectivity index (χ3v) is 10.2. The second kappa shape index (κ2) is 12.5. The summed E-state index contributed by atoms with van der Waals surface area (Å²) in [5, 5.41) is -2.43. The van der Waals surface area contributed by atoms with Gasteiger partial charge in [0.05, 0.1) is 68.9 Å². The predicted octanol–water partition coefficient (Wildman–Crippen LogP) is 14.3. The zero-order valence-corrected chi connectivity index (χ0v) is 29.3. The number of nitrogens with zero attached hydrogens (tertiary/aromatic N) is 3. The normalized spacial score (nSPS) is 17.3. The standard InChI is InChI=1S/C54H35N3/c1-2-15-36(16-3-1)37-17-12-18-38(33-37)39-19-13-20-40(34-39)56-50-28-11-7-24-46(50)54-51(56)29-14-30-52(54)57-49-27-10-6-23-44(49)45-32-31-41(35-53(45)57)55-47-25-8-4-21-42(47)43-22-5-9-26-48(43)55/h1-35H/i4D,5D,6D,7D,8D,9D,10D,11D,14D,21D,22D,23D,24D,25D,26D,27D,28D,29D,30D,31D,32D,35D. The largest absolute Gasteiger partial charge is 0.309 e. The van der Waals surface area contributed by atoms with Gasteiger partial charge >= 0.3 is 0 Å². The highest BCUT2D eigenvalue weighted by molar-refractivity contribution is 6.17. The quantitative estimate of drug-likeness (QED) is 0.167. The first kappa shape index (κ1) is 17.0. The van der Waals surface area contributed by atoms with E-state index in [0.717, 1.165) is 25.8 Å². The first-order valence-electron chi connectivity index (χ1n) is 28.8. The number of fused-ring (bicyclic) bond motifs is 9. The zero-order valence-electron chi connectivity index (χ0n) is 51.3. The van der Waals surface area contributed by atoms with Crippen LogP contribution in [0.15, 0.2) is 212 Å². The van der Waals surface area contributed by atoms with E-state index in [4.69, 9.17) is 13.7 Å². The van der Waals surface area contributed by atoms with Crippen LogP contribution < -0.4 is 0 Å². The lowest BCUT2D eigenvalue weighted by molar-refractivity contribution is 1.16. The fraction of sp³-hybridized carbons (Fsp3) is 0. The average Bonchev–Trinajstić information content (AvgIpc) is 2.28. The van der Waals surface area contributed by atoms with Crippen molar-refractivity contribution in [2.75, 3.05) is 0 Å². The third kappa shape index (κ3) is 4.79.